The normalized spacial score (nSPS) is 29.3. The van der Waals surface area contributed by atoms with E-state index in [0.29, 0.717) is 64.3 Å². The Balaban J connectivity index is 1.22. The molecule has 0 N–H and O–H groups in total. The number of amides is 1. The van der Waals surface area contributed by atoms with Gasteiger partial charge in [-0.3, -0.25) is 14.5 Å². The van der Waals surface area contributed by atoms with Crippen LogP contribution in [0.5, 0.6) is 0 Å². The second kappa shape index (κ2) is 9.91. The third-order valence-electron chi connectivity index (χ3n) is 9.40. The van der Waals surface area contributed by atoms with Crippen molar-refractivity contribution in [3.63, 3.8) is 0 Å². The molecule has 10 nitrogen and oxygen atoms in total. The minimum absolute atomic E-state index is 0.0326. The number of Topliss-reactive ketones (excluding diaryl/α,β-unsaturated/α-hetero) is 2. The highest BCUT2D eigenvalue weighted by Gasteiger charge is 2.63. The van der Waals surface area contributed by atoms with Gasteiger partial charge in [0.1, 0.15) is 17.1 Å². The van der Waals surface area contributed by atoms with Gasteiger partial charge in [-0.05, 0) is 70.9 Å². The summed E-state index contributed by atoms with van der Waals surface area (Å²) in [5.41, 5.74) is -1.52. The minimum Gasteiger partial charge on any atom is -0.444 e. The van der Waals surface area contributed by atoms with Gasteiger partial charge >= 0.3 is 6.09 Å². The van der Waals surface area contributed by atoms with Crippen LogP contribution in [-0.2, 0) is 19.0 Å². The number of rotatable bonds is 3. The van der Waals surface area contributed by atoms with Gasteiger partial charge in [-0.2, -0.15) is 0 Å². The van der Waals surface area contributed by atoms with Gasteiger partial charge in [0.2, 0.25) is 5.28 Å². The van der Waals surface area contributed by atoms with Gasteiger partial charge in [-0.25, -0.2) is 14.8 Å². The number of fused-ring (bicyclic) bond motifs is 1. The summed E-state index contributed by atoms with van der Waals surface area (Å²) >= 11 is 6.36. The summed E-state index contributed by atoms with van der Waals surface area (Å²) in [6.45, 7) is 8.10. The number of halogens is 1. The topological polar surface area (TPSA) is 111 Å². The maximum atomic E-state index is 14.1. The first-order chi connectivity index (χ1) is 19.0. The van der Waals surface area contributed by atoms with Crippen LogP contribution in [0.4, 0.5) is 10.6 Å². The second-order valence-corrected chi connectivity index (χ2v) is 13.4. The minimum atomic E-state index is -0.915. The highest BCUT2D eigenvalue weighted by Crippen LogP contribution is 2.56. The number of hydrogen-bond donors (Lipinski definition) is 0. The summed E-state index contributed by atoms with van der Waals surface area (Å²) < 4.78 is 17.9. The smallest absolute Gasteiger partial charge is 0.410 e. The van der Waals surface area contributed by atoms with Crippen molar-refractivity contribution in [3.8, 4) is 0 Å². The summed E-state index contributed by atoms with van der Waals surface area (Å²) in [5.74, 6) is -1.59. The zero-order valence-corrected chi connectivity index (χ0v) is 24.4. The number of carbonyl (C=O) groups is 3. The predicted octanol–water partition coefficient (Wildman–Crippen LogP) is 4.58. The Bertz CT molecular complexity index is 1200. The number of carbonyl (C=O) groups excluding carboxylic acids is 3. The largest absolute Gasteiger partial charge is 0.444 e. The molecule has 218 valence electrons. The van der Waals surface area contributed by atoms with E-state index in [1.807, 2.05) is 25.7 Å². The fourth-order valence-corrected chi connectivity index (χ4v) is 7.56. The lowest BCUT2D eigenvalue weighted by molar-refractivity contribution is -0.255. The average molecular weight is 575 g/mol. The molecule has 3 spiro atoms. The predicted molar refractivity (Wildman–Crippen MR) is 146 cm³/mol. The molecule has 1 amide bonds. The highest BCUT2D eigenvalue weighted by atomic mass is 35.5. The van der Waals surface area contributed by atoms with Crippen LogP contribution < -0.4 is 4.90 Å². The Kier molecular flexibility index (Phi) is 6.90. The molecule has 3 heterocycles. The third kappa shape index (κ3) is 4.69. The summed E-state index contributed by atoms with van der Waals surface area (Å²) in [7, 11) is 0. The molecule has 1 unspecified atom stereocenters. The van der Waals surface area contributed by atoms with Gasteiger partial charge in [0.25, 0.3) is 0 Å². The lowest BCUT2D eigenvalue weighted by Gasteiger charge is -2.51. The number of anilines is 1. The molecule has 6 rings (SSSR count). The van der Waals surface area contributed by atoms with Gasteiger partial charge in [0.15, 0.2) is 17.4 Å². The van der Waals surface area contributed by atoms with Crippen LogP contribution >= 0.6 is 11.6 Å². The molecular formula is C29H39ClN4O6. The summed E-state index contributed by atoms with van der Waals surface area (Å²) in [5, 5.41) is -0.0326. The van der Waals surface area contributed by atoms with Crippen LogP contribution in [0.25, 0.3) is 0 Å². The van der Waals surface area contributed by atoms with Gasteiger partial charge in [-0.1, -0.05) is 12.8 Å². The molecule has 0 bridgehead atoms. The Morgan fingerprint density at radius 2 is 1.73 bits per heavy atom. The Morgan fingerprint density at radius 3 is 2.42 bits per heavy atom. The average Bonchev–Trinajstić information content (AvgIpc) is 3.49. The van der Waals surface area contributed by atoms with E-state index in [-0.39, 0.29) is 34.2 Å². The molecule has 40 heavy (non-hydrogen) atoms. The molecule has 1 aromatic heterocycles. The zero-order valence-electron chi connectivity index (χ0n) is 23.7. The monoisotopic (exact) mass is 574 g/mol. The first-order valence-electron chi connectivity index (χ1n) is 14.6. The molecule has 1 aromatic rings. The Labute approximate surface area is 240 Å². The number of ketones is 2. The highest BCUT2D eigenvalue weighted by molar-refractivity contribution is 6.28. The fourth-order valence-electron chi connectivity index (χ4n) is 7.38. The number of hydrogen-bond acceptors (Lipinski definition) is 9. The van der Waals surface area contributed by atoms with Crippen molar-refractivity contribution < 1.29 is 28.6 Å². The summed E-state index contributed by atoms with van der Waals surface area (Å²) in [4.78, 5) is 53.5. The van der Waals surface area contributed by atoms with Gasteiger partial charge < -0.3 is 19.1 Å². The van der Waals surface area contributed by atoms with Crippen LogP contribution in [-0.4, -0.2) is 82.3 Å². The number of aromatic nitrogens is 2. The maximum Gasteiger partial charge on any atom is 0.410 e. The van der Waals surface area contributed by atoms with E-state index in [4.69, 9.17) is 25.8 Å². The van der Waals surface area contributed by atoms with Gasteiger partial charge in [0, 0.05) is 32.1 Å². The van der Waals surface area contributed by atoms with E-state index in [1.165, 1.54) is 0 Å². The fraction of sp³-hybridized carbons (Fsp3) is 0.759. The van der Waals surface area contributed by atoms with Crippen LogP contribution in [0.1, 0.15) is 89.0 Å². The van der Waals surface area contributed by atoms with Crippen molar-refractivity contribution in [2.24, 2.45) is 11.3 Å². The molecule has 11 heteroatoms. The first-order valence-corrected chi connectivity index (χ1v) is 15.0. The van der Waals surface area contributed by atoms with Crippen molar-refractivity contribution in [2.75, 3.05) is 37.7 Å². The molecule has 0 aromatic carbocycles. The van der Waals surface area contributed by atoms with Crippen molar-refractivity contribution in [2.45, 2.75) is 95.5 Å². The van der Waals surface area contributed by atoms with E-state index in [9.17, 15) is 14.4 Å². The number of piperazine rings is 1. The molecule has 2 atom stereocenters. The lowest BCUT2D eigenvalue weighted by Crippen LogP contribution is -2.60. The zero-order chi connectivity index (χ0) is 28.3. The molecule has 3 aliphatic carbocycles. The quantitative estimate of drug-likeness (QED) is 0.291. The maximum absolute atomic E-state index is 14.1. The van der Waals surface area contributed by atoms with Crippen LogP contribution in [0.15, 0.2) is 6.07 Å². The number of ether oxygens (including phenoxy) is 3. The second-order valence-electron chi connectivity index (χ2n) is 13.1. The van der Waals surface area contributed by atoms with Gasteiger partial charge in [0.05, 0.1) is 30.1 Å². The van der Waals surface area contributed by atoms with Crippen molar-refractivity contribution >= 4 is 35.1 Å². The lowest BCUT2D eigenvalue weighted by atomic mass is 9.57. The van der Waals surface area contributed by atoms with E-state index in [1.54, 1.807) is 6.07 Å². The summed E-state index contributed by atoms with van der Waals surface area (Å²) in [6, 6.07) is 1.65. The third-order valence-corrected chi connectivity index (χ3v) is 9.57. The van der Waals surface area contributed by atoms with Crippen molar-refractivity contribution in [1.29, 1.82) is 0 Å². The number of nitrogens with zero attached hydrogens (tertiary/aromatic N) is 4. The molecule has 2 saturated heterocycles. The van der Waals surface area contributed by atoms with E-state index in [0.717, 1.165) is 32.1 Å². The Hall–Kier alpha value is -2.30. The molecule has 0 radical (unpaired) electrons. The molecular weight excluding hydrogens is 536 g/mol. The molecule has 5 fully saturated rings. The summed E-state index contributed by atoms with van der Waals surface area (Å²) in [6.07, 6.45) is 6.56. The first kappa shape index (κ1) is 27.8. The van der Waals surface area contributed by atoms with Crippen molar-refractivity contribution in [1.82, 2.24) is 14.9 Å². The molecule has 3 saturated carbocycles. The SMILES string of the molecule is CC(C)(C)OC(=O)N1CCN(c2cc(C(=O)C3CCC[C@@]4(CCCCC45OCCO5)C3=O)nc(Cl)n2)CC12CC2. The Morgan fingerprint density at radius 1 is 1.02 bits per heavy atom. The molecule has 2 aliphatic heterocycles. The standard InChI is InChI=1S/C29H39ClN4O6/c1-26(2,3)40-25(37)34-14-13-33(18-27(34)11-12-27)21-17-20(31-24(30)32-21)22(35)19-7-6-9-28(23(19)36)8-4-5-10-29(28)38-15-16-39-29/h17,19H,4-16,18H2,1-3H3/t19?,28-/m0/s1. The molecule has 5 aliphatic rings. The van der Waals surface area contributed by atoms with E-state index < -0.39 is 22.7 Å². The van der Waals surface area contributed by atoms with Crippen molar-refractivity contribution in [3.05, 3.63) is 17.0 Å². The van der Waals surface area contributed by atoms with Crippen LogP contribution in [0.2, 0.25) is 5.28 Å². The van der Waals surface area contributed by atoms with E-state index in [2.05, 4.69) is 14.9 Å². The van der Waals surface area contributed by atoms with Gasteiger partial charge in [-0.15, -0.1) is 0 Å². The van der Waals surface area contributed by atoms with Crippen LogP contribution in [0, 0.1) is 11.3 Å². The van der Waals surface area contributed by atoms with Crippen LogP contribution in [0.3, 0.4) is 0 Å². The van der Waals surface area contributed by atoms with E-state index >= 15 is 0 Å².